The Balaban J connectivity index is 1.85. The van der Waals surface area contributed by atoms with E-state index in [-0.39, 0.29) is 10.5 Å². The summed E-state index contributed by atoms with van der Waals surface area (Å²) in [6.07, 6.45) is 6.53. The highest BCUT2D eigenvalue weighted by Gasteiger charge is 2.50. The molecule has 1 aliphatic heterocycles. The van der Waals surface area contributed by atoms with Gasteiger partial charge in [-0.05, 0) is 12.1 Å². The molecule has 3 aromatic carbocycles. The van der Waals surface area contributed by atoms with Crippen molar-refractivity contribution >= 4 is 29.5 Å². The van der Waals surface area contributed by atoms with Gasteiger partial charge < -0.3 is 0 Å². The molecule has 0 saturated heterocycles. The fourth-order valence-corrected chi connectivity index (χ4v) is 3.84. The standard InChI is InChI=1S/C25H19N4O/c30-25(28-17-16-26-18-28)29(22-14-8-3-9-15-22)19-27-23(20-10-4-1-5-11-20)24(29)21-12-6-2-7-13-21/h1-19H/q+1. The number of carbonyl (C=O) groups is 1. The summed E-state index contributed by atoms with van der Waals surface area (Å²) < 4.78 is 1.35. The molecule has 4 aromatic rings. The highest BCUT2D eigenvalue weighted by Crippen LogP contribution is 2.43. The van der Waals surface area contributed by atoms with Crippen molar-refractivity contribution in [2.45, 2.75) is 0 Å². The van der Waals surface area contributed by atoms with Gasteiger partial charge in [-0.2, -0.15) is 4.99 Å². The molecule has 5 nitrogen and oxygen atoms in total. The summed E-state index contributed by atoms with van der Waals surface area (Å²) in [5.74, 6) is 0. The molecule has 1 amide bonds. The lowest BCUT2D eigenvalue weighted by Gasteiger charge is -2.29. The maximum absolute atomic E-state index is 14.0. The maximum Gasteiger partial charge on any atom is 0.444 e. The molecule has 144 valence electrons. The van der Waals surface area contributed by atoms with Gasteiger partial charge in [0.2, 0.25) is 6.34 Å². The number of benzene rings is 3. The van der Waals surface area contributed by atoms with Crippen molar-refractivity contribution in [3.8, 4) is 0 Å². The van der Waals surface area contributed by atoms with E-state index in [9.17, 15) is 4.79 Å². The van der Waals surface area contributed by atoms with Crippen molar-refractivity contribution in [2.75, 3.05) is 0 Å². The van der Waals surface area contributed by atoms with Crippen LogP contribution in [0.4, 0.5) is 10.5 Å². The molecule has 0 radical (unpaired) electrons. The Morgan fingerprint density at radius 2 is 1.37 bits per heavy atom. The molecule has 0 bridgehead atoms. The van der Waals surface area contributed by atoms with Crippen LogP contribution in [0.3, 0.4) is 0 Å². The van der Waals surface area contributed by atoms with Crippen LogP contribution in [-0.2, 0) is 0 Å². The maximum atomic E-state index is 14.0. The number of aliphatic imine (C=N–C) groups is 1. The summed E-state index contributed by atoms with van der Waals surface area (Å²) in [5.41, 5.74) is 4.30. The number of amides is 1. The van der Waals surface area contributed by atoms with E-state index >= 15 is 0 Å². The Morgan fingerprint density at radius 1 is 0.767 bits per heavy atom. The van der Waals surface area contributed by atoms with Gasteiger partial charge in [-0.3, -0.25) is 0 Å². The third-order valence-corrected chi connectivity index (χ3v) is 5.22. The zero-order chi connectivity index (χ0) is 20.4. The summed E-state index contributed by atoms with van der Waals surface area (Å²) in [6, 6.07) is 29.5. The number of carbonyl (C=O) groups excluding carboxylic acids is 1. The number of hydrogen-bond acceptors (Lipinski definition) is 3. The molecule has 0 fully saturated rings. The van der Waals surface area contributed by atoms with Gasteiger partial charge in [-0.1, -0.05) is 66.7 Å². The van der Waals surface area contributed by atoms with Gasteiger partial charge in [0.05, 0.1) is 0 Å². The first kappa shape index (κ1) is 18.0. The highest BCUT2D eigenvalue weighted by molar-refractivity contribution is 6.21. The van der Waals surface area contributed by atoms with Gasteiger partial charge in [0, 0.05) is 35.7 Å². The minimum absolute atomic E-state index is 0.161. The molecule has 0 aliphatic carbocycles. The molecule has 30 heavy (non-hydrogen) atoms. The fraction of sp³-hybridized carbons (Fsp3) is 0. The molecule has 1 aliphatic rings. The molecule has 0 N–H and O–H groups in total. The summed E-state index contributed by atoms with van der Waals surface area (Å²) in [7, 11) is 0. The largest absolute Gasteiger partial charge is 0.444 e. The molecular weight excluding hydrogens is 372 g/mol. The topological polar surface area (TPSA) is 47.2 Å². The van der Waals surface area contributed by atoms with Gasteiger partial charge in [0.25, 0.3) is 0 Å². The summed E-state index contributed by atoms with van der Waals surface area (Å²) in [6.45, 7) is 0. The van der Waals surface area contributed by atoms with Crippen LogP contribution >= 0.6 is 0 Å². The van der Waals surface area contributed by atoms with Gasteiger partial charge in [0.1, 0.15) is 12.0 Å². The van der Waals surface area contributed by atoms with Crippen LogP contribution in [0.25, 0.3) is 11.4 Å². The lowest BCUT2D eigenvalue weighted by atomic mass is 10.0. The van der Waals surface area contributed by atoms with E-state index in [2.05, 4.69) is 4.98 Å². The van der Waals surface area contributed by atoms with Crippen LogP contribution in [0.15, 0.2) is 115 Å². The number of aromatic nitrogens is 2. The molecular formula is C25H19N4O+. The molecule has 0 saturated carbocycles. The zero-order valence-electron chi connectivity index (χ0n) is 16.2. The van der Waals surface area contributed by atoms with Crippen LogP contribution in [0.5, 0.6) is 0 Å². The Kier molecular flexibility index (Phi) is 4.42. The molecule has 5 heteroatoms. The van der Waals surface area contributed by atoms with Crippen molar-refractivity contribution in [3.05, 3.63) is 121 Å². The predicted molar refractivity (Wildman–Crippen MR) is 119 cm³/mol. The highest BCUT2D eigenvalue weighted by atomic mass is 16.2. The average molecular weight is 391 g/mol. The number of imidazole rings is 1. The number of quaternary nitrogens is 1. The van der Waals surface area contributed by atoms with Crippen LogP contribution in [0, 0.1) is 0 Å². The minimum Gasteiger partial charge on any atom is -0.245 e. The van der Waals surface area contributed by atoms with Crippen molar-refractivity contribution in [2.24, 2.45) is 4.99 Å². The number of hydrogen-bond donors (Lipinski definition) is 0. The predicted octanol–water partition coefficient (Wildman–Crippen LogP) is 5.43. The summed E-state index contributed by atoms with van der Waals surface area (Å²) >= 11 is 0. The van der Waals surface area contributed by atoms with E-state index in [1.54, 1.807) is 18.7 Å². The third-order valence-electron chi connectivity index (χ3n) is 5.22. The van der Waals surface area contributed by atoms with Crippen LogP contribution < -0.4 is 4.48 Å². The monoisotopic (exact) mass is 391 g/mol. The Labute approximate surface area is 174 Å². The molecule has 5 rings (SSSR count). The first-order chi connectivity index (χ1) is 14.8. The Morgan fingerprint density at radius 3 is 1.97 bits per heavy atom. The first-order valence-corrected chi connectivity index (χ1v) is 9.69. The molecule has 1 atom stereocenters. The Hall–Kier alpha value is -4.09. The van der Waals surface area contributed by atoms with Gasteiger partial charge in [-0.15, -0.1) is 4.48 Å². The zero-order valence-corrected chi connectivity index (χ0v) is 16.2. The molecule has 0 spiro atoms. The summed E-state index contributed by atoms with van der Waals surface area (Å²) in [5, 5.41) is 0. The van der Waals surface area contributed by atoms with Crippen molar-refractivity contribution in [1.82, 2.24) is 14.0 Å². The van der Waals surface area contributed by atoms with E-state index < -0.39 is 0 Å². The van der Waals surface area contributed by atoms with E-state index in [1.807, 2.05) is 91.0 Å². The second kappa shape index (κ2) is 7.39. The second-order valence-corrected chi connectivity index (χ2v) is 6.98. The number of para-hydroxylation sites is 1. The van der Waals surface area contributed by atoms with Crippen LogP contribution in [-0.4, -0.2) is 21.9 Å². The quantitative estimate of drug-likeness (QED) is 0.437. The van der Waals surface area contributed by atoms with Crippen LogP contribution in [0.1, 0.15) is 11.1 Å². The van der Waals surface area contributed by atoms with Gasteiger partial charge >= 0.3 is 6.03 Å². The lowest BCUT2D eigenvalue weighted by molar-refractivity contribution is 0.234. The van der Waals surface area contributed by atoms with Gasteiger partial charge in [0.15, 0.2) is 11.4 Å². The van der Waals surface area contributed by atoms with E-state index in [1.165, 1.54) is 10.9 Å². The van der Waals surface area contributed by atoms with Crippen molar-refractivity contribution in [1.29, 1.82) is 0 Å². The van der Waals surface area contributed by atoms with E-state index in [0.717, 1.165) is 28.2 Å². The lowest BCUT2D eigenvalue weighted by Crippen LogP contribution is -2.52. The normalized spacial score (nSPS) is 18.0. The smallest absolute Gasteiger partial charge is 0.245 e. The first-order valence-electron chi connectivity index (χ1n) is 9.69. The Bertz CT molecular complexity index is 1230. The van der Waals surface area contributed by atoms with E-state index in [0.29, 0.717) is 0 Å². The van der Waals surface area contributed by atoms with Crippen molar-refractivity contribution < 1.29 is 4.79 Å². The number of nitrogens with zero attached hydrogens (tertiary/aromatic N) is 4. The van der Waals surface area contributed by atoms with Crippen LogP contribution in [0.2, 0.25) is 0 Å². The average Bonchev–Trinajstić information content (AvgIpc) is 3.49. The SMILES string of the molecule is O=C(n1ccnc1)[N+]1(c2ccccc2)C=NC(c2ccccc2)=C1c1ccccc1. The fourth-order valence-electron chi connectivity index (χ4n) is 3.84. The summed E-state index contributed by atoms with van der Waals surface area (Å²) in [4.78, 5) is 22.8. The van der Waals surface area contributed by atoms with Gasteiger partial charge in [-0.25, -0.2) is 14.3 Å². The molecule has 1 aromatic heterocycles. The molecule has 1 unspecified atom stereocenters. The minimum atomic E-state index is -0.174. The third kappa shape index (κ3) is 2.80. The second-order valence-electron chi connectivity index (χ2n) is 6.98. The number of rotatable bonds is 3. The molecule has 2 heterocycles. The van der Waals surface area contributed by atoms with Crippen molar-refractivity contribution in [3.63, 3.8) is 0 Å². The van der Waals surface area contributed by atoms with E-state index in [4.69, 9.17) is 4.99 Å².